The quantitative estimate of drug-likeness (QED) is 0.877. The molecule has 1 N–H and O–H groups in total. The smallest absolute Gasteiger partial charge is 0.277 e. The maximum absolute atomic E-state index is 12.8. The van der Waals surface area contributed by atoms with Crippen LogP contribution in [0.25, 0.3) is 0 Å². The molecule has 2 heterocycles. The molecule has 5 heteroatoms. The van der Waals surface area contributed by atoms with Crippen LogP contribution in [0.1, 0.15) is 11.1 Å². The van der Waals surface area contributed by atoms with Crippen LogP contribution >= 0.6 is 0 Å². The van der Waals surface area contributed by atoms with Crippen LogP contribution in [0.5, 0.6) is 5.75 Å². The third-order valence-electron chi connectivity index (χ3n) is 5.78. The van der Waals surface area contributed by atoms with Crippen molar-refractivity contribution >= 4 is 11.6 Å². The molecule has 2 aliphatic rings. The fourth-order valence-corrected chi connectivity index (χ4v) is 4.13. The van der Waals surface area contributed by atoms with Crippen molar-refractivity contribution in [3.8, 4) is 5.75 Å². The summed E-state index contributed by atoms with van der Waals surface area (Å²) in [5.74, 6) is 1.16. The van der Waals surface area contributed by atoms with E-state index in [2.05, 4.69) is 41.3 Å². The van der Waals surface area contributed by atoms with E-state index in [1.807, 2.05) is 17.0 Å². The van der Waals surface area contributed by atoms with E-state index >= 15 is 0 Å². The molecule has 1 atom stereocenters. The average molecular weight is 366 g/mol. The number of nitrogens with one attached hydrogen (secondary N) is 1. The van der Waals surface area contributed by atoms with Crippen LogP contribution < -0.4 is 14.5 Å². The first-order chi connectivity index (χ1) is 13.2. The third-order valence-corrected chi connectivity index (χ3v) is 5.78. The Hall–Kier alpha value is -2.53. The zero-order valence-electron chi connectivity index (χ0n) is 16.0. The van der Waals surface area contributed by atoms with Gasteiger partial charge in [0.15, 0.2) is 6.54 Å². The highest BCUT2D eigenvalue weighted by Gasteiger charge is 2.26. The lowest BCUT2D eigenvalue weighted by atomic mass is 10.00. The number of benzene rings is 2. The molecule has 0 aliphatic carbocycles. The second kappa shape index (κ2) is 8.01. The van der Waals surface area contributed by atoms with Crippen LogP contribution in [0, 0.1) is 0 Å². The molecule has 1 unspecified atom stereocenters. The van der Waals surface area contributed by atoms with Gasteiger partial charge in [-0.3, -0.25) is 4.79 Å². The van der Waals surface area contributed by atoms with Crippen LogP contribution in [0.2, 0.25) is 0 Å². The predicted molar refractivity (Wildman–Crippen MR) is 106 cm³/mol. The highest BCUT2D eigenvalue weighted by atomic mass is 16.5. The van der Waals surface area contributed by atoms with Crippen LogP contribution in [-0.2, 0) is 17.8 Å². The predicted octanol–water partition coefficient (Wildman–Crippen LogP) is 0.985. The van der Waals surface area contributed by atoms with Crippen molar-refractivity contribution in [3.05, 3.63) is 59.7 Å². The topological polar surface area (TPSA) is 37.2 Å². The minimum atomic E-state index is 0.291. The summed E-state index contributed by atoms with van der Waals surface area (Å²) >= 11 is 0. The number of hydrogen-bond donors (Lipinski definition) is 1. The Labute approximate surface area is 161 Å². The number of fused-ring (bicyclic) bond motifs is 1. The molecular formula is C22H28N3O2+. The highest BCUT2D eigenvalue weighted by molar-refractivity contribution is 5.77. The van der Waals surface area contributed by atoms with Gasteiger partial charge in [-0.15, -0.1) is 0 Å². The Bertz CT molecular complexity index is 782. The maximum atomic E-state index is 12.8. The SMILES string of the molecule is COc1ccc(N2CCN(C(=O)C[NH+]3CCc4ccccc4C3)CC2)cc1. The molecule has 4 rings (SSSR count). The summed E-state index contributed by atoms with van der Waals surface area (Å²) in [6.45, 7) is 6.00. The van der Waals surface area contributed by atoms with Crippen LogP contribution in [0.3, 0.4) is 0 Å². The van der Waals surface area contributed by atoms with Crippen molar-refractivity contribution in [2.75, 3.05) is 51.3 Å². The largest absolute Gasteiger partial charge is 0.497 e. The number of ether oxygens (including phenoxy) is 1. The van der Waals surface area contributed by atoms with E-state index in [-0.39, 0.29) is 0 Å². The van der Waals surface area contributed by atoms with Crippen molar-refractivity contribution in [1.82, 2.24) is 4.90 Å². The number of amides is 1. The van der Waals surface area contributed by atoms with Gasteiger partial charge in [0.25, 0.3) is 5.91 Å². The van der Waals surface area contributed by atoms with Gasteiger partial charge in [0.05, 0.1) is 13.7 Å². The number of carbonyl (C=O) groups excluding carboxylic acids is 1. The molecule has 27 heavy (non-hydrogen) atoms. The van der Waals surface area contributed by atoms with E-state index < -0.39 is 0 Å². The Morgan fingerprint density at radius 1 is 1.00 bits per heavy atom. The molecule has 142 valence electrons. The average Bonchev–Trinajstić information content (AvgIpc) is 2.74. The Morgan fingerprint density at radius 3 is 2.41 bits per heavy atom. The molecule has 1 saturated heterocycles. The molecular weight excluding hydrogens is 338 g/mol. The number of hydrogen-bond acceptors (Lipinski definition) is 3. The van der Waals surface area contributed by atoms with E-state index in [1.54, 1.807) is 7.11 Å². The minimum absolute atomic E-state index is 0.291. The van der Waals surface area contributed by atoms with E-state index in [0.29, 0.717) is 12.5 Å². The molecule has 0 spiro atoms. The number of quaternary nitrogens is 1. The molecule has 1 amide bonds. The highest BCUT2D eigenvalue weighted by Crippen LogP contribution is 2.20. The normalized spacial score (nSPS) is 19.5. The van der Waals surface area contributed by atoms with E-state index in [4.69, 9.17) is 4.74 Å². The Morgan fingerprint density at radius 2 is 1.70 bits per heavy atom. The lowest BCUT2D eigenvalue weighted by Gasteiger charge is -2.36. The van der Waals surface area contributed by atoms with Gasteiger partial charge in [-0.1, -0.05) is 24.3 Å². The molecule has 2 aromatic rings. The van der Waals surface area contributed by atoms with Crippen LogP contribution in [0.4, 0.5) is 5.69 Å². The number of nitrogens with zero attached hydrogens (tertiary/aromatic N) is 2. The molecule has 0 radical (unpaired) electrons. The van der Waals surface area contributed by atoms with Crippen molar-refractivity contribution in [1.29, 1.82) is 0 Å². The summed E-state index contributed by atoms with van der Waals surface area (Å²) in [4.78, 5) is 18.5. The molecule has 2 aliphatic heterocycles. The molecule has 0 saturated carbocycles. The Balaban J connectivity index is 1.28. The first-order valence-electron chi connectivity index (χ1n) is 9.80. The molecule has 0 aromatic heterocycles. The third kappa shape index (κ3) is 4.08. The van der Waals surface area contributed by atoms with Gasteiger partial charge in [0, 0.05) is 43.9 Å². The minimum Gasteiger partial charge on any atom is -0.497 e. The lowest BCUT2D eigenvalue weighted by molar-refractivity contribution is -0.908. The Kier molecular flexibility index (Phi) is 5.30. The number of rotatable bonds is 4. The van der Waals surface area contributed by atoms with Crippen molar-refractivity contribution in [2.24, 2.45) is 0 Å². The first-order valence-corrected chi connectivity index (χ1v) is 9.80. The molecule has 0 bridgehead atoms. The van der Waals surface area contributed by atoms with Gasteiger partial charge in [0.1, 0.15) is 12.3 Å². The van der Waals surface area contributed by atoms with Crippen LogP contribution in [-0.4, -0.2) is 57.2 Å². The standard InChI is InChI=1S/C22H27N3O2/c1-27-21-8-6-20(7-9-21)24-12-14-25(15-13-24)22(26)17-23-11-10-18-4-2-3-5-19(18)16-23/h2-9H,10-17H2,1H3/p+1. The van der Waals surface area contributed by atoms with E-state index in [0.717, 1.165) is 51.4 Å². The van der Waals surface area contributed by atoms with Gasteiger partial charge in [0.2, 0.25) is 0 Å². The fourth-order valence-electron chi connectivity index (χ4n) is 4.13. The monoisotopic (exact) mass is 366 g/mol. The van der Waals surface area contributed by atoms with Gasteiger partial charge in [-0.25, -0.2) is 0 Å². The molecule has 5 nitrogen and oxygen atoms in total. The summed E-state index contributed by atoms with van der Waals surface area (Å²) in [6.07, 6.45) is 1.07. The summed E-state index contributed by atoms with van der Waals surface area (Å²) in [5, 5.41) is 0. The van der Waals surface area contributed by atoms with Gasteiger partial charge >= 0.3 is 0 Å². The maximum Gasteiger partial charge on any atom is 0.277 e. The molecule has 1 fully saturated rings. The number of piperazine rings is 1. The van der Waals surface area contributed by atoms with Crippen molar-refractivity contribution in [3.63, 3.8) is 0 Å². The fraction of sp³-hybridized carbons (Fsp3) is 0.409. The van der Waals surface area contributed by atoms with Crippen molar-refractivity contribution in [2.45, 2.75) is 13.0 Å². The number of carbonyl (C=O) groups is 1. The zero-order chi connectivity index (χ0) is 18.6. The number of methoxy groups -OCH3 is 1. The first kappa shape index (κ1) is 17.9. The van der Waals surface area contributed by atoms with Gasteiger partial charge in [-0.2, -0.15) is 0 Å². The summed E-state index contributed by atoms with van der Waals surface area (Å²) < 4.78 is 5.23. The second-order valence-corrected chi connectivity index (χ2v) is 7.44. The summed E-state index contributed by atoms with van der Waals surface area (Å²) in [7, 11) is 1.68. The number of anilines is 1. The van der Waals surface area contributed by atoms with Gasteiger partial charge < -0.3 is 19.4 Å². The summed E-state index contributed by atoms with van der Waals surface area (Å²) in [6, 6.07) is 16.8. The van der Waals surface area contributed by atoms with E-state index in [1.165, 1.54) is 21.7 Å². The van der Waals surface area contributed by atoms with E-state index in [9.17, 15) is 4.79 Å². The second-order valence-electron chi connectivity index (χ2n) is 7.44. The zero-order valence-corrected chi connectivity index (χ0v) is 16.0. The summed E-state index contributed by atoms with van der Waals surface area (Å²) in [5.41, 5.74) is 4.04. The van der Waals surface area contributed by atoms with Crippen LogP contribution in [0.15, 0.2) is 48.5 Å². The van der Waals surface area contributed by atoms with Crippen molar-refractivity contribution < 1.29 is 14.4 Å². The molecule has 2 aromatic carbocycles. The van der Waals surface area contributed by atoms with Gasteiger partial charge in [-0.05, 0) is 29.8 Å². The lowest BCUT2D eigenvalue weighted by Crippen LogP contribution is -3.12.